The minimum Gasteiger partial charge on any atom is -0.389 e. The summed E-state index contributed by atoms with van der Waals surface area (Å²) in [7, 11) is 0. The summed E-state index contributed by atoms with van der Waals surface area (Å²) < 4.78 is 0. The fourth-order valence-corrected chi connectivity index (χ4v) is 4.24. The van der Waals surface area contributed by atoms with Crippen LogP contribution in [0.2, 0.25) is 0 Å². The zero-order valence-corrected chi connectivity index (χ0v) is 12.5. The number of hydrogen-bond acceptors (Lipinski definition) is 5. The highest BCUT2D eigenvalue weighted by atomic mass is 32.1. The molecule has 2 heterocycles. The lowest BCUT2D eigenvalue weighted by molar-refractivity contribution is -0.380. The van der Waals surface area contributed by atoms with Crippen molar-refractivity contribution in [1.29, 1.82) is 0 Å². The quantitative estimate of drug-likeness (QED) is 0.671. The van der Waals surface area contributed by atoms with Gasteiger partial charge in [-0.15, -0.1) is 0 Å². The van der Waals surface area contributed by atoms with E-state index >= 15 is 0 Å². The maximum atomic E-state index is 12.4. The van der Waals surface area contributed by atoms with Gasteiger partial charge >= 0.3 is 5.00 Å². The second kappa shape index (κ2) is 5.38. The molecule has 6 nitrogen and oxygen atoms in total. The Hall–Kier alpha value is -1.47. The summed E-state index contributed by atoms with van der Waals surface area (Å²) in [6, 6.07) is 2.89. The molecule has 1 saturated carbocycles. The Morgan fingerprint density at radius 2 is 2.24 bits per heavy atom. The van der Waals surface area contributed by atoms with Crippen LogP contribution >= 0.6 is 11.3 Å². The maximum absolute atomic E-state index is 12.4. The first-order valence-corrected chi connectivity index (χ1v) is 8.07. The zero-order chi connectivity index (χ0) is 15.0. The van der Waals surface area contributed by atoms with Crippen molar-refractivity contribution in [3.63, 3.8) is 0 Å². The van der Waals surface area contributed by atoms with Crippen molar-refractivity contribution in [3.8, 4) is 0 Å². The minimum absolute atomic E-state index is 0.00969. The summed E-state index contributed by atoms with van der Waals surface area (Å²) in [5, 5.41) is 21.3. The van der Waals surface area contributed by atoms with E-state index in [0.717, 1.165) is 37.0 Å². The highest BCUT2D eigenvalue weighted by Gasteiger charge is 2.44. The van der Waals surface area contributed by atoms with Gasteiger partial charge in [-0.3, -0.25) is 14.9 Å². The molecule has 114 valence electrons. The van der Waals surface area contributed by atoms with Crippen LogP contribution in [0.4, 0.5) is 5.00 Å². The van der Waals surface area contributed by atoms with Gasteiger partial charge in [-0.1, -0.05) is 24.2 Å². The van der Waals surface area contributed by atoms with Crippen LogP contribution in [0.25, 0.3) is 0 Å². The van der Waals surface area contributed by atoms with E-state index in [1.54, 1.807) is 4.90 Å². The van der Waals surface area contributed by atoms with Gasteiger partial charge in [0.05, 0.1) is 15.4 Å². The Morgan fingerprint density at radius 1 is 1.43 bits per heavy atom. The number of likely N-dealkylation sites (tertiary alicyclic amines) is 1. The van der Waals surface area contributed by atoms with E-state index in [0.29, 0.717) is 24.4 Å². The third kappa shape index (κ3) is 2.67. The van der Waals surface area contributed by atoms with Crippen LogP contribution in [0.5, 0.6) is 0 Å². The molecule has 1 N–H and O–H groups in total. The Labute approximate surface area is 126 Å². The second-order valence-electron chi connectivity index (χ2n) is 5.94. The number of amides is 1. The van der Waals surface area contributed by atoms with Crippen molar-refractivity contribution in [1.82, 2.24) is 4.90 Å². The number of piperidine rings is 1. The number of aliphatic hydroxyl groups is 1. The van der Waals surface area contributed by atoms with Crippen LogP contribution in [0.15, 0.2) is 12.1 Å². The first kappa shape index (κ1) is 14.5. The molecule has 0 radical (unpaired) electrons. The van der Waals surface area contributed by atoms with Gasteiger partial charge in [0.2, 0.25) is 0 Å². The van der Waals surface area contributed by atoms with Crippen LogP contribution < -0.4 is 0 Å². The molecule has 21 heavy (non-hydrogen) atoms. The molecule has 0 bridgehead atoms. The smallest absolute Gasteiger partial charge is 0.324 e. The lowest BCUT2D eigenvalue weighted by atomic mass is 9.71. The average molecular weight is 310 g/mol. The fraction of sp³-hybridized carbons (Fsp3) is 0.643. The maximum Gasteiger partial charge on any atom is 0.324 e. The van der Waals surface area contributed by atoms with Crippen molar-refractivity contribution < 1.29 is 14.8 Å². The van der Waals surface area contributed by atoms with E-state index in [4.69, 9.17) is 0 Å². The van der Waals surface area contributed by atoms with Gasteiger partial charge in [-0.2, -0.15) is 0 Å². The molecule has 1 aliphatic heterocycles. The van der Waals surface area contributed by atoms with E-state index in [2.05, 4.69) is 0 Å². The minimum atomic E-state index is -0.615. The second-order valence-corrected chi connectivity index (χ2v) is 7.00. The Bertz CT molecular complexity index is 573. The van der Waals surface area contributed by atoms with Crippen molar-refractivity contribution in [3.05, 3.63) is 27.1 Å². The molecule has 2 aliphatic rings. The number of thiophene rings is 1. The van der Waals surface area contributed by atoms with Crippen LogP contribution in [0.3, 0.4) is 0 Å². The number of fused-ring (bicyclic) bond motifs is 1. The van der Waals surface area contributed by atoms with Crippen LogP contribution in [-0.2, 0) is 0 Å². The Kier molecular flexibility index (Phi) is 3.71. The van der Waals surface area contributed by atoms with Gasteiger partial charge in [0.1, 0.15) is 0 Å². The average Bonchev–Trinajstić information content (AvgIpc) is 2.95. The van der Waals surface area contributed by atoms with E-state index in [-0.39, 0.29) is 16.8 Å². The standard InChI is InChI=1S/C14H18N2O4S/c17-13(11-4-5-12(21-11)16(19)20)15-8-7-14(18)6-2-1-3-10(14)9-15/h4-5,10,18H,1-3,6-9H2. The lowest BCUT2D eigenvalue weighted by Gasteiger charge is -2.47. The zero-order valence-electron chi connectivity index (χ0n) is 11.7. The topological polar surface area (TPSA) is 83.7 Å². The molecule has 1 saturated heterocycles. The number of carbonyl (C=O) groups is 1. The fourth-order valence-electron chi connectivity index (χ4n) is 3.45. The molecule has 0 spiro atoms. The van der Waals surface area contributed by atoms with E-state index < -0.39 is 10.5 Å². The Morgan fingerprint density at radius 3 is 2.95 bits per heavy atom. The van der Waals surface area contributed by atoms with Crippen molar-refractivity contribution in [2.75, 3.05) is 13.1 Å². The molecular formula is C14H18N2O4S. The molecule has 2 fully saturated rings. The highest BCUT2D eigenvalue weighted by molar-refractivity contribution is 7.17. The van der Waals surface area contributed by atoms with E-state index in [1.165, 1.54) is 12.1 Å². The number of carbonyl (C=O) groups excluding carboxylic acids is 1. The summed E-state index contributed by atoms with van der Waals surface area (Å²) in [4.78, 5) is 24.8. The molecule has 3 rings (SSSR count). The SMILES string of the molecule is O=C(c1ccc([N+](=O)[O-])s1)N1CCC2(O)CCCCC2C1. The predicted molar refractivity (Wildman–Crippen MR) is 78.4 cm³/mol. The molecule has 1 amide bonds. The number of rotatable bonds is 2. The summed E-state index contributed by atoms with van der Waals surface area (Å²) in [6.45, 7) is 1.08. The van der Waals surface area contributed by atoms with Crippen LogP contribution in [0, 0.1) is 16.0 Å². The van der Waals surface area contributed by atoms with Crippen molar-refractivity contribution >= 4 is 22.2 Å². The van der Waals surface area contributed by atoms with Gasteiger partial charge in [-0.25, -0.2) is 0 Å². The number of nitro groups is 1. The summed E-state index contributed by atoms with van der Waals surface area (Å²) in [5.41, 5.74) is -0.615. The summed E-state index contributed by atoms with van der Waals surface area (Å²) >= 11 is 0.918. The van der Waals surface area contributed by atoms with Gasteiger partial charge in [0, 0.05) is 25.1 Å². The third-order valence-corrected chi connectivity index (χ3v) is 5.72. The molecule has 7 heteroatoms. The van der Waals surface area contributed by atoms with Gasteiger partial charge in [-0.05, 0) is 25.3 Å². The number of nitrogens with zero attached hydrogens (tertiary/aromatic N) is 2. The van der Waals surface area contributed by atoms with Gasteiger partial charge in [0.15, 0.2) is 0 Å². The third-order valence-electron chi connectivity index (χ3n) is 4.70. The summed E-state index contributed by atoms with van der Waals surface area (Å²) in [5.74, 6) is -0.0142. The predicted octanol–water partition coefficient (Wildman–Crippen LogP) is 2.42. The van der Waals surface area contributed by atoms with Crippen molar-refractivity contribution in [2.24, 2.45) is 5.92 Å². The first-order chi connectivity index (χ1) is 9.99. The molecular weight excluding hydrogens is 292 g/mol. The molecule has 1 aromatic rings. The van der Waals surface area contributed by atoms with Gasteiger partial charge < -0.3 is 10.0 Å². The number of hydrogen-bond donors (Lipinski definition) is 1. The van der Waals surface area contributed by atoms with E-state index in [9.17, 15) is 20.0 Å². The normalized spacial score (nSPS) is 29.0. The molecule has 1 aromatic heterocycles. The molecule has 0 aromatic carbocycles. The van der Waals surface area contributed by atoms with Gasteiger partial charge in [0.25, 0.3) is 5.91 Å². The Balaban J connectivity index is 1.72. The first-order valence-electron chi connectivity index (χ1n) is 7.25. The summed E-state index contributed by atoms with van der Waals surface area (Å²) in [6.07, 6.45) is 4.53. The monoisotopic (exact) mass is 310 g/mol. The van der Waals surface area contributed by atoms with Crippen LogP contribution in [0.1, 0.15) is 41.8 Å². The van der Waals surface area contributed by atoms with Crippen molar-refractivity contribution in [2.45, 2.75) is 37.7 Å². The van der Waals surface area contributed by atoms with Crippen LogP contribution in [-0.4, -0.2) is 39.5 Å². The lowest BCUT2D eigenvalue weighted by Crippen LogP contribution is -2.54. The largest absolute Gasteiger partial charge is 0.389 e. The molecule has 1 aliphatic carbocycles. The highest BCUT2D eigenvalue weighted by Crippen LogP contribution is 2.40. The molecule has 2 unspecified atom stereocenters. The van der Waals surface area contributed by atoms with E-state index in [1.807, 2.05) is 0 Å². The molecule has 2 atom stereocenters.